The Labute approximate surface area is 240 Å². The monoisotopic (exact) mass is 574 g/mol. The molecule has 1 aromatic carbocycles. The number of imidazole rings is 1. The number of hydrogen-bond acceptors (Lipinski definition) is 7. The van der Waals surface area contributed by atoms with E-state index in [0.29, 0.717) is 59.6 Å². The van der Waals surface area contributed by atoms with Gasteiger partial charge in [0, 0.05) is 25.1 Å². The number of hydrogen-bond donors (Lipinski definition) is 1. The minimum absolute atomic E-state index is 0.288. The molecule has 2 aromatic heterocycles. The fourth-order valence-electron chi connectivity index (χ4n) is 4.90. The summed E-state index contributed by atoms with van der Waals surface area (Å²) in [7, 11) is 5.48. The summed E-state index contributed by atoms with van der Waals surface area (Å²) in [5.41, 5.74) is 1.88. The first-order valence-electron chi connectivity index (χ1n) is 14.4. The van der Waals surface area contributed by atoms with E-state index >= 15 is 0 Å². The zero-order valence-electron chi connectivity index (χ0n) is 25.2. The molecule has 0 aliphatic carbocycles. The lowest BCUT2D eigenvalue weighted by Crippen LogP contribution is -2.50. The van der Waals surface area contributed by atoms with Crippen LogP contribution in [0.5, 0.6) is 5.75 Å². The van der Waals surface area contributed by atoms with Gasteiger partial charge in [-0.15, -0.1) is 5.10 Å². The van der Waals surface area contributed by atoms with Crippen molar-refractivity contribution in [2.75, 3.05) is 40.8 Å². The smallest absolute Gasteiger partial charge is 0.277 e. The maximum absolute atomic E-state index is 13.4. The number of aromatic amines is 1. The van der Waals surface area contributed by atoms with Gasteiger partial charge in [0.1, 0.15) is 23.8 Å². The van der Waals surface area contributed by atoms with Crippen molar-refractivity contribution >= 4 is 22.5 Å². The second kappa shape index (κ2) is 14.3. The van der Waals surface area contributed by atoms with Gasteiger partial charge in [0.15, 0.2) is 22.6 Å². The second-order valence-electron chi connectivity index (χ2n) is 11.0. The third-order valence-corrected chi connectivity index (χ3v) is 8.59. The van der Waals surface area contributed by atoms with E-state index in [1.54, 1.807) is 29.8 Å². The molecule has 0 saturated carbocycles. The summed E-state index contributed by atoms with van der Waals surface area (Å²) < 4.78 is 32.3. The molecule has 3 aromatic rings. The maximum atomic E-state index is 13.4. The lowest BCUT2D eigenvalue weighted by molar-refractivity contribution is 0.318. The molecule has 2 heterocycles. The summed E-state index contributed by atoms with van der Waals surface area (Å²) in [5.74, 6) is 2.07. The third-order valence-electron chi connectivity index (χ3n) is 7.54. The molecule has 0 aliphatic rings. The molecule has 222 valence electrons. The van der Waals surface area contributed by atoms with E-state index in [4.69, 9.17) is 14.8 Å². The van der Waals surface area contributed by atoms with Crippen LogP contribution in [0.3, 0.4) is 0 Å². The number of unbranched alkanes of at least 4 members (excludes halogenated alkanes) is 2. The SMILES string of the molecule is CCCCCC(CC)Cc1nc(C)c2c(=O)[nH]c(-c3cc([N+](C)(CCN(C)C)S(=O)[O-])ccc3OCCC)nn12. The molecule has 0 amide bonds. The van der Waals surface area contributed by atoms with Crippen molar-refractivity contribution in [3.63, 3.8) is 0 Å². The average Bonchev–Trinajstić information content (AvgIpc) is 3.24. The summed E-state index contributed by atoms with van der Waals surface area (Å²) in [5, 5.41) is 4.87. The molecule has 3 unspecified atom stereocenters. The lowest BCUT2D eigenvalue weighted by atomic mass is 9.95. The molecular weight excluding hydrogens is 528 g/mol. The molecule has 11 heteroatoms. The minimum Gasteiger partial charge on any atom is -0.724 e. The molecule has 0 fully saturated rings. The van der Waals surface area contributed by atoms with Gasteiger partial charge in [-0.1, -0.05) is 52.9 Å². The van der Waals surface area contributed by atoms with E-state index in [0.717, 1.165) is 31.5 Å². The number of aryl methyl sites for hydroxylation is 1. The predicted octanol–water partition coefficient (Wildman–Crippen LogP) is 4.62. The van der Waals surface area contributed by atoms with Gasteiger partial charge in [0.2, 0.25) is 0 Å². The molecule has 3 atom stereocenters. The van der Waals surface area contributed by atoms with E-state index in [9.17, 15) is 13.6 Å². The van der Waals surface area contributed by atoms with Crippen LogP contribution in [-0.4, -0.2) is 74.1 Å². The molecule has 0 saturated heterocycles. The topological polar surface area (TPSA) is 116 Å². The molecular formula is C29H46N6O4S. The molecule has 0 spiro atoms. The molecule has 1 N–H and O–H groups in total. The Balaban J connectivity index is 2.15. The Morgan fingerprint density at radius 1 is 1.20 bits per heavy atom. The van der Waals surface area contributed by atoms with Crippen molar-refractivity contribution in [2.24, 2.45) is 5.92 Å². The molecule has 0 aliphatic heterocycles. The Morgan fingerprint density at radius 2 is 1.95 bits per heavy atom. The number of nitrogens with zero attached hydrogens (tertiary/aromatic N) is 5. The van der Waals surface area contributed by atoms with Gasteiger partial charge in [0.05, 0.1) is 24.9 Å². The zero-order chi connectivity index (χ0) is 29.4. The molecule has 40 heavy (non-hydrogen) atoms. The zero-order valence-corrected chi connectivity index (χ0v) is 26.0. The van der Waals surface area contributed by atoms with Crippen LogP contribution < -0.4 is 14.2 Å². The lowest BCUT2D eigenvalue weighted by Gasteiger charge is -2.35. The van der Waals surface area contributed by atoms with Crippen LogP contribution in [0.1, 0.15) is 70.8 Å². The molecule has 3 rings (SSSR count). The second-order valence-corrected chi connectivity index (χ2v) is 12.3. The number of fused-ring (bicyclic) bond motifs is 1. The highest BCUT2D eigenvalue weighted by atomic mass is 32.2. The van der Waals surface area contributed by atoms with Gasteiger partial charge in [0.25, 0.3) is 5.56 Å². The number of rotatable bonds is 16. The highest BCUT2D eigenvalue weighted by molar-refractivity contribution is 7.78. The number of aromatic nitrogens is 4. The van der Waals surface area contributed by atoms with Gasteiger partial charge in [-0.25, -0.2) is 17.6 Å². The van der Waals surface area contributed by atoms with Crippen molar-refractivity contribution in [1.82, 2.24) is 28.4 Å². The van der Waals surface area contributed by atoms with Crippen molar-refractivity contribution < 1.29 is 13.5 Å². The molecule has 0 bridgehead atoms. The van der Waals surface area contributed by atoms with E-state index < -0.39 is 11.3 Å². The largest absolute Gasteiger partial charge is 0.724 e. The minimum atomic E-state index is -2.44. The summed E-state index contributed by atoms with van der Waals surface area (Å²) in [6, 6.07) is 5.31. The Kier molecular flexibility index (Phi) is 11.4. The van der Waals surface area contributed by atoms with Crippen LogP contribution in [0.25, 0.3) is 16.9 Å². The van der Waals surface area contributed by atoms with Gasteiger partial charge in [-0.2, -0.15) is 0 Å². The summed E-state index contributed by atoms with van der Waals surface area (Å²) in [6.07, 6.45) is 7.23. The normalized spacial score (nSPS) is 14.9. The van der Waals surface area contributed by atoms with E-state index in [1.165, 1.54) is 19.3 Å². The van der Waals surface area contributed by atoms with E-state index in [1.807, 2.05) is 32.8 Å². The van der Waals surface area contributed by atoms with Gasteiger partial charge >= 0.3 is 0 Å². The van der Waals surface area contributed by atoms with Gasteiger partial charge in [-0.05, 0) is 39.4 Å². The van der Waals surface area contributed by atoms with Crippen molar-refractivity contribution in [2.45, 2.75) is 72.6 Å². The fraction of sp³-hybridized carbons (Fsp3) is 0.621. The fourth-order valence-corrected chi connectivity index (χ4v) is 5.41. The number of nitrogens with one attached hydrogen (secondary N) is 1. The van der Waals surface area contributed by atoms with Crippen LogP contribution in [0.2, 0.25) is 0 Å². The summed E-state index contributed by atoms with van der Waals surface area (Å²) in [4.78, 5) is 23.0. The van der Waals surface area contributed by atoms with Crippen molar-refractivity contribution in [3.05, 3.63) is 40.1 Å². The van der Waals surface area contributed by atoms with Crippen LogP contribution in [-0.2, 0) is 17.7 Å². The number of ether oxygens (including phenoxy) is 1. The van der Waals surface area contributed by atoms with Crippen molar-refractivity contribution in [1.29, 1.82) is 0 Å². The summed E-state index contributed by atoms with van der Waals surface area (Å²) in [6.45, 7) is 9.65. The number of likely N-dealkylation sites (N-methyl/N-ethyl adjacent to an activating group) is 2. The van der Waals surface area contributed by atoms with Crippen LogP contribution in [0, 0.1) is 12.8 Å². The third kappa shape index (κ3) is 7.37. The Bertz CT molecular complexity index is 1350. The van der Waals surface area contributed by atoms with Crippen LogP contribution in [0.15, 0.2) is 23.0 Å². The first kappa shape index (κ1) is 31.9. The molecule has 0 radical (unpaired) electrons. The van der Waals surface area contributed by atoms with Crippen molar-refractivity contribution in [3.8, 4) is 17.1 Å². The first-order valence-corrected chi connectivity index (χ1v) is 15.4. The summed E-state index contributed by atoms with van der Waals surface area (Å²) >= 11 is -2.44. The Morgan fingerprint density at radius 3 is 2.58 bits per heavy atom. The number of quaternary nitrogens is 1. The number of benzene rings is 1. The number of H-pyrrole nitrogens is 1. The predicted molar refractivity (Wildman–Crippen MR) is 161 cm³/mol. The van der Waals surface area contributed by atoms with E-state index in [-0.39, 0.29) is 9.45 Å². The highest BCUT2D eigenvalue weighted by Gasteiger charge is 2.29. The first-order chi connectivity index (χ1) is 19.0. The standard InChI is InChI=1S/C29H46N6O4S/c1-8-11-12-13-22(10-3)19-26-30-21(4)27-29(36)31-28(32-34(26)27)24-20-23(14-15-25(24)39-18-9-2)35(7,40(37)38)17-16-33(5)6/h14-15,20,22H,8-13,16-19H2,1-7H3,(H-,31,32,36,37,38). The van der Waals surface area contributed by atoms with Gasteiger partial charge < -0.3 is 19.2 Å². The highest BCUT2D eigenvalue weighted by Crippen LogP contribution is 2.35. The Hall–Kier alpha value is -2.60. The maximum Gasteiger partial charge on any atom is 0.277 e. The quantitative estimate of drug-likeness (QED) is 0.151. The average molecular weight is 575 g/mol. The van der Waals surface area contributed by atoms with Gasteiger partial charge in [-0.3, -0.25) is 4.79 Å². The van der Waals surface area contributed by atoms with E-state index in [2.05, 4.69) is 18.8 Å². The van der Waals surface area contributed by atoms with Crippen LogP contribution >= 0.6 is 0 Å². The molecule has 10 nitrogen and oxygen atoms in total. The van der Waals surface area contributed by atoms with Crippen LogP contribution in [0.4, 0.5) is 5.69 Å².